The van der Waals surface area contributed by atoms with Gasteiger partial charge < -0.3 is 15.5 Å². The summed E-state index contributed by atoms with van der Waals surface area (Å²) < 4.78 is 0. The molecule has 0 aromatic rings. The van der Waals surface area contributed by atoms with Crippen molar-refractivity contribution in [2.45, 2.75) is 135 Å². The van der Waals surface area contributed by atoms with E-state index >= 15 is 0 Å². The van der Waals surface area contributed by atoms with E-state index in [1.165, 1.54) is 51.4 Å². The quantitative estimate of drug-likeness (QED) is 0.171. The Morgan fingerprint density at radius 2 is 1.03 bits per heavy atom. The maximum atomic E-state index is 12.0. The van der Waals surface area contributed by atoms with Gasteiger partial charge in [0, 0.05) is 25.7 Å². The Hall–Kier alpha value is -1.92. The molecule has 0 unspecified atom stereocenters. The average molecular weight is 456 g/mol. The van der Waals surface area contributed by atoms with Crippen molar-refractivity contribution in [2.24, 2.45) is 0 Å². The van der Waals surface area contributed by atoms with Crippen LogP contribution in [0.3, 0.4) is 0 Å². The molecule has 0 aromatic heterocycles. The molecular weight excluding hydrogens is 410 g/mol. The molecule has 0 bridgehead atoms. The second kappa shape index (κ2) is 21.0. The minimum Gasteiger partial charge on any atom is -0.481 e. The van der Waals surface area contributed by atoms with Crippen LogP contribution in [0, 0.1) is 0 Å². The summed E-state index contributed by atoms with van der Waals surface area (Å²) in [7, 11) is 0. The SMILES string of the molecule is CCC(=O)CC[C@H](NC(=O)CCCCCCCCCCCCCCCCC(=O)O)C(=O)O. The molecule has 7 heteroatoms. The van der Waals surface area contributed by atoms with Gasteiger partial charge in [0.05, 0.1) is 0 Å². The first-order chi connectivity index (χ1) is 15.4. The zero-order chi connectivity index (χ0) is 24.0. The largest absolute Gasteiger partial charge is 0.481 e. The molecule has 0 aliphatic rings. The molecular formula is C25H45NO6. The molecule has 0 saturated heterocycles. The molecule has 0 fully saturated rings. The maximum Gasteiger partial charge on any atom is 0.326 e. The Labute approximate surface area is 193 Å². The van der Waals surface area contributed by atoms with Gasteiger partial charge in [-0.05, 0) is 19.3 Å². The van der Waals surface area contributed by atoms with Gasteiger partial charge in [0.25, 0.3) is 0 Å². The van der Waals surface area contributed by atoms with Gasteiger partial charge in [-0.25, -0.2) is 4.79 Å². The lowest BCUT2D eigenvalue weighted by atomic mass is 10.0. The summed E-state index contributed by atoms with van der Waals surface area (Å²) in [4.78, 5) is 44.9. The highest BCUT2D eigenvalue weighted by Crippen LogP contribution is 2.14. The van der Waals surface area contributed by atoms with Crippen molar-refractivity contribution in [2.75, 3.05) is 0 Å². The Morgan fingerprint density at radius 3 is 1.41 bits per heavy atom. The van der Waals surface area contributed by atoms with E-state index in [-0.39, 0.29) is 24.5 Å². The number of carboxylic acid groups (broad SMARTS) is 2. The van der Waals surface area contributed by atoms with Crippen molar-refractivity contribution in [3.8, 4) is 0 Å². The number of nitrogens with one attached hydrogen (secondary N) is 1. The van der Waals surface area contributed by atoms with Crippen molar-refractivity contribution in [1.82, 2.24) is 5.32 Å². The maximum absolute atomic E-state index is 12.0. The van der Waals surface area contributed by atoms with Crippen molar-refractivity contribution >= 4 is 23.6 Å². The van der Waals surface area contributed by atoms with E-state index in [0.717, 1.165) is 38.5 Å². The molecule has 0 spiro atoms. The lowest BCUT2D eigenvalue weighted by molar-refractivity contribution is -0.142. The Kier molecular flexibility index (Phi) is 19.7. The van der Waals surface area contributed by atoms with Crippen molar-refractivity contribution in [3.63, 3.8) is 0 Å². The number of ketones is 1. The third-order valence-corrected chi connectivity index (χ3v) is 5.78. The third-order valence-electron chi connectivity index (χ3n) is 5.78. The molecule has 0 rings (SSSR count). The first kappa shape index (κ1) is 30.1. The van der Waals surface area contributed by atoms with Gasteiger partial charge >= 0.3 is 11.9 Å². The zero-order valence-electron chi connectivity index (χ0n) is 20.0. The third kappa shape index (κ3) is 20.0. The van der Waals surface area contributed by atoms with Crippen LogP contribution in [-0.4, -0.2) is 39.9 Å². The summed E-state index contributed by atoms with van der Waals surface area (Å²) in [6.45, 7) is 1.74. The smallest absolute Gasteiger partial charge is 0.326 e. The topological polar surface area (TPSA) is 121 Å². The van der Waals surface area contributed by atoms with Gasteiger partial charge in [-0.3, -0.25) is 14.4 Å². The Morgan fingerprint density at radius 1 is 0.625 bits per heavy atom. The highest BCUT2D eigenvalue weighted by molar-refractivity contribution is 5.84. The number of carbonyl (C=O) groups excluding carboxylic acids is 2. The first-order valence-corrected chi connectivity index (χ1v) is 12.6. The molecule has 7 nitrogen and oxygen atoms in total. The number of carboxylic acids is 2. The van der Waals surface area contributed by atoms with Crippen LogP contribution in [0.25, 0.3) is 0 Å². The van der Waals surface area contributed by atoms with Gasteiger partial charge in [-0.1, -0.05) is 84.0 Å². The van der Waals surface area contributed by atoms with E-state index in [1.807, 2.05) is 0 Å². The minimum atomic E-state index is -1.09. The number of hydrogen-bond acceptors (Lipinski definition) is 4. The summed E-state index contributed by atoms with van der Waals surface area (Å²) in [6.07, 6.45) is 17.0. The van der Waals surface area contributed by atoms with Crippen LogP contribution < -0.4 is 5.32 Å². The van der Waals surface area contributed by atoms with E-state index in [0.29, 0.717) is 19.3 Å². The molecule has 0 saturated carbocycles. The lowest BCUT2D eigenvalue weighted by Crippen LogP contribution is -2.41. The number of rotatable bonds is 23. The van der Waals surface area contributed by atoms with Crippen LogP contribution in [0.15, 0.2) is 0 Å². The molecule has 186 valence electrons. The van der Waals surface area contributed by atoms with E-state index in [4.69, 9.17) is 5.11 Å². The highest BCUT2D eigenvalue weighted by atomic mass is 16.4. The Balaban J connectivity index is 3.48. The molecule has 1 amide bonds. The van der Waals surface area contributed by atoms with Gasteiger partial charge in [-0.2, -0.15) is 0 Å². The summed E-state index contributed by atoms with van der Waals surface area (Å²) in [5, 5.41) is 20.3. The number of amides is 1. The number of hydrogen-bond donors (Lipinski definition) is 3. The summed E-state index contributed by atoms with van der Waals surface area (Å²) in [5.74, 6) is -2.02. The van der Waals surface area contributed by atoms with E-state index in [9.17, 15) is 24.3 Å². The van der Waals surface area contributed by atoms with Gasteiger partial charge in [0.15, 0.2) is 0 Å². The number of aliphatic carboxylic acids is 2. The summed E-state index contributed by atoms with van der Waals surface area (Å²) in [6, 6.07) is -0.977. The highest BCUT2D eigenvalue weighted by Gasteiger charge is 2.20. The molecule has 0 aromatic carbocycles. The number of carbonyl (C=O) groups is 4. The van der Waals surface area contributed by atoms with E-state index in [1.54, 1.807) is 6.92 Å². The fourth-order valence-electron chi connectivity index (χ4n) is 3.69. The fraction of sp³-hybridized carbons (Fsp3) is 0.840. The van der Waals surface area contributed by atoms with Crippen molar-refractivity contribution in [1.29, 1.82) is 0 Å². The van der Waals surface area contributed by atoms with Crippen molar-refractivity contribution < 1.29 is 29.4 Å². The molecule has 0 aliphatic carbocycles. The Bertz CT molecular complexity index is 535. The predicted molar refractivity (Wildman–Crippen MR) is 126 cm³/mol. The second-order valence-electron chi connectivity index (χ2n) is 8.73. The van der Waals surface area contributed by atoms with Gasteiger partial charge in [0.1, 0.15) is 11.8 Å². The zero-order valence-corrected chi connectivity index (χ0v) is 20.0. The lowest BCUT2D eigenvalue weighted by Gasteiger charge is -2.14. The number of unbranched alkanes of at least 4 members (excludes halogenated alkanes) is 13. The summed E-state index contributed by atoms with van der Waals surface area (Å²) in [5.41, 5.74) is 0. The second-order valence-corrected chi connectivity index (χ2v) is 8.73. The molecule has 0 heterocycles. The molecule has 32 heavy (non-hydrogen) atoms. The molecule has 3 N–H and O–H groups in total. The van der Waals surface area contributed by atoms with Crippen LogP contribution in [0.2, 0.25) is 0 Å². The van der Waals surface area contributed by atoms with E-state index in [2.05, 4.69) is 5.32 Å². The summed E-state index contributed by atoms with van der Waals surface area (Å²) >= 11 is 0. The number of Topliss-reactive ketones (excluding diaryl/α,β-unsaturated/α-hetero) is 1. The first-order valence-electron chi connectivity index (χ1n) is 12.6. The fourth-order valence-corrected chi connectivity index (χ4v) is 3.69. The standard InChI is InChI=1S/C25H45NO6/c1-2-21(27)19-20-22(25(31)32)26-23(28)17-15-13-11-9-7-5-3-4-6-8-10-12-14-16-18-24(29)30/h22H,2-20H2,1H3,(H,26,28)(H,29,30)(H,31,32)/t22-/m0/s1. The van der Waals surface area contributed by atoms with Crippen LogP contribution in [0.4, 0.5) is 0 Å². The van der Waals surface area contributed by atoms with Crippen molar-refractivity contribution in [3.05, 3.63) is 0 Å². The van der Waals surface area contributed by atoms with Crippen LogP contribution in [0.1, 0.15) is 129 Å². The van der Waals surface area contributed by atoms with Crippen LogP contribution >= 0.6 is 0 Å². The predicted octanol–water partition coefficient (Wildman–Crippen LogP) is 5.64. The molecule has 0 radical (unpaired) electrons. The molecule has 0 aliphatic heterocycles. The van der Waals surface area contributed by atoms with Gasteiger partial charge in [0.2, 0.25) is 5.91 Å². The average Bonchev–Trinajstić information content (AvgIpc) is 2.75. The normalized spacial score (nSPS) is 11.8. The van der Waals surface area contributed by atoms with Gasteiger partial charge in [-0.15, -0.1) is 0 Å². The molecule has 1 atom stereocenters. The minimum absolute atomic E-state index is 0.00969. The monoisotopic (exact) mass is 455 g/mol. The van der Waals surface area contributed by atoms with E-state index < -0.39 is 18.0 Å². The van der Waals surface area contributed by atoms with Crippen LogP contribution in [0.5, 0.6) is 0 Å². The van der Waals surface area contributed by atoms with Crippen LogP contribution in [-0.2, 0) is 19.2 Å².